The Hall–Kier alpha value is -8.16. The van der Waals surface area contributed by atoms with Crippen LogP contribution < -0.4 is 29.1 Å². The molecule has 0 saturated heterocycles. The number of rotatable bonds is 16. The molecule has 13 nitrogen and oxygen atoms in total. The molecule has 5 aromatic carbocycles. The van der Waals surface area contributed by atoms with Crippen LogP contribution in [0.3, 0.4) is 0 Å². The standard InChI is InChI=1S/C48H36F2N4O9S/c1-4-43(55)61-23-7-22-60-35-18-14-30-24-32(13-12-31(30)25-35)46(56)62-40-20-15-33(26-42(40)58-3)47(57)63-41-27-38(49)36(19-11-29-9-16-34(17-10-29)59-5-2)44(50)37(41)28-52-54-48-53-39-8-6-21-51-45(39)64-48/h4,6,8-10,12-18,20-21,24-28H,1,5,7,22-23H2,2-3H3,(H,53,54)/b52-28+. The molecule has 0 radical (unpaired) electrons. The number of ether oxygens (including phenoxy) is 6. The molecule has 7 rings (SSSR count). The van der Waals surface area contributed by atoms with Gasteiger partial charge < -0.3 is 28.4 Å². The van der Waals surface area contributed by atoms with Crippen molar-refractivity contribution < 1.29 is 51.6 Å². The van der Waals surface area contributed by atoms with E-state index in [1.807, 2.05) is 13.0 Å². The van der Waals surface area contributed by atoms with Gasteiger partial charge in [-0.15, -0.1) is 0 Å². The molecule has 7 aromatic rings. The summed E-state index contributed by atoms with van der Waals surface area (Å²) in [6, 6.07) is 25.2. The molecule has 0 atom stereocenters. The van der Waals surface area contributed by atoms with Crippen LogP contribution >= 0.6 is 11.3 Å². The Morgan fingerprint density at radius 3 is 2.33 bits per heavy atom. The molecule has 2 aromatic heterocycles. The van der Waals surface area contributed by atoms with Crippen LogP contribution in [-0.4, -0.2) is 61.0 Å². The average molecular weight is 883 g/mol. The first kappa shape index (κ1) is 43.9. The lowest BCUT2D eigenvalue weighted by molar-refractivity contribution is -0.137. The molecule has 1 N–H and O–H groups in total. The van der Waals surface area contributed by atoms with Gasteiger partial charge in [-0.1, -0.05) is 41.9 Å². The minimum absolute atomic E-state index is 0.00165. The van der Waals surface area contributed by atoms with Gasteiger partial charge in [0.2, 0.25) is 5.13 Å². The number of hydrogen-bond donors (Lipinski definition) is 1. The van der Waals surface area contributed by atoms with Crippen molar-refractivity contribution in [2.45, 2.75) is 13.3 Å². The first-order valence-corrected chi connectivity index (χ1v) is 20.3. The molecule has 322 valence electrons. The molecule has 0 unspecified atom stereocenters. The minimum atomic E-state index is -1.14. The van der Waals surface area contributed by atoms with Gasteiger partial charge in [0.25, 0.3) is 0 Å². The monoisotopic (exact) mass is 882 g/mol. The van der Waals surface area contributed by atoms with Crippen molar-refractivity contribution in [1.82, 2.24) is 9.97 Å². The van der Waals surface area contributed by atoms with E-state index in [1.54, 1.807) is 72.9 Å². The number of hydrogen-bond acceptors (Lipinski definition) is 14. The number of nitrogens with one attached hydrogen (secondary N) is 1. The van der Waals surface area contributed by atoms with Gasteiger partial charge >= 0.3 is 17.9 Å². The molecule has 0 spiro atoms. The lowest BCUT2D eigenvalue weighted by Gasteiger charge is -2.13. The number of anilines is 1. The van der Waals surface area contributed by atoms with Gasteiger partial charge in [0.15, 0.2) is 17.3 Å². The molecule has 0 aliphatic carbocycles. The Morgan fingerprint density at radius 2 is 1.56 bits per heavy atom. The highest BCUT2D eigenvalue weighted by atomic mass is 32.1. The number of fused-ring (bicyclic) bond motifs is 2. The average Bonchev–Trinajstić information content (AvgIpc) is 3.73. The van der Waals surface area contributed by atoms with Crippen molar-refractivity contribution in [3.63, 3.8) is 0 Å². The molecule has 64 heavy (non-hydrogen) atoms. The number of carbonyl (C=O) groups is 3. The van der Waals surface area contributed by atoms with Crippen LogP contribution in [0.2, 0.25) is 0 Å². The SMILES string of the molecule is C=CC(=O)OCCCOc1ccc2cc(C(=O)Oc3ccc(C(=O)Oc4cc(F)c(C#Cc5ccc(OCC)cc5)c(F)c4/C=N/Nc4nc5cccnc5s4)cc3OC)ccc2c1. The predicted molar refractivity (Wildman–Crippen MR) is 237 cm³/mol. The van der Waals surface area contributed by atoms with Crippen LogP contribution in [0.4, 0.5) is 13.9 Å². The van der Waals surface area contributed by atoms with E-state index in [1.165, 1.54) is 36.6 Å². The van der Waals surface area contributed by atoms with Crippen molar-refractivity contribution in [3.05, 3.63) is 155 Å². The number of aromatic nitrogens is 2. The van der Waals surface area contributed by atoms with Gasteiger partial charge in [-0.25, -0.2) is 33.1 Å². The largest absolute Gasteiger partial charge is 0.494 e. The van der Waals surface area contributed by atoms with Crippen LogP contribution in [0.15, 0.2) is 121 Å². The summed E-state index contributed by atoms with van der Waals surface area (Å²) in [6.07, 6.45) is 4.23. The van der Waals surface area contributed by atoms with Gasteiger partial charge in [0.1, 0.15) is 33.4 Å². The third kappa shape index (κ3) is 10.8. The summed E-state index contributed by atoms with van der Waals surface area (Å²) in [5, 5.41) is 5.98. The van der Waals surface area contributed by atoms with Crippen LogP contribution in [-0.2, 0) is 9.53 Å². The lowest BCUT2D eigenvalue weighted by Crippen LogP contribution is -2.13. The topological polar surface area (TPSA) is 157 Å². The third-order valence-electron chi connectivity index (χ3n) is 9.06. The van der Waals surface area contributed by atoms with Crippen molar-refractivity contribution in [2.75, 3.05) is 32.4 Å². The summed E-state index contributed by atoms with van der Waals surface area (Å²) < 4.78 is 64.7. The number of pyridine rings is 1. The van der Waals surface area contributed by atoms with Crippen molar-refractivity contribution in [1.29, 1.82) is 0 Å². The number of esters is 3. The number of hydrazone groups is 1. The zero-order valence-electron chi connectivity index (χ0n) is 34.2. The number of halogens is 2. The summed E-state index contributed by atoms with van der Waals surface area (Å²) >= 11 is 1.20. The van der Waals surface area contributed by atoms with Crippen LogP contribution in [0.1, 0.15) is 50.8 Å². The summed E-state index contributed by atoms with van der Waals surface area (Å²) in [4.78, 5) is 47.3. The normalized spacial score (nSPS) is 10.8. The number of benzene rings is 5. The Labute approximate surface area is 368 Å². The maximum absolute atomic E-state index is 16.3. The number of carbonyl (C=O) groups excluding carboxylic acids is 3. The molecule has 0 amide bonds. The van der Waals surface area contributed by atoms with Crippen LogP contribution in [0, 0.1) is 23.5 Å². The van der Waals surface area contributed by atoms with Gasteiger partial charge in [-0.2, -0.15) is 5.10 Å². The van der Waals surface area contributed by atoms with E-state index in [0.717, 1.165) is 29.1 Å². The maximum Gasteiger partial charge on any atom is 0.343 e. The molecule has 0 aliphatic heterocycles. The fourth-order valence-corrected chi connectivity index (χ4v) is 6.71. The molecule has 0 bridgehead atoms. The fourth-order valence-electron chi connectivity index (χ4n) is 5.96. The van der Waals surface area contributed by atoms with E-state index in [-0.39, 0.29) is 29.2 Å². The number of thiazole rings is 1. The highest BCUT2D eigenvalue weighted by Gasteiger charge is 2.22. The minimum Gasteiger partial charge on any atom is -0.494 e. The summed E-state index contributed by atoms with van der Waals surface area (Å²) in [6.45, 7) is 6.19. The van der Waals surface area contributed by atoms with Gasteiger partial charge in [-0.05, 0) is 96.6 Å². The summed E-state index contributed by atoms with van der Waals surface area (Å²) in [5.74, 6) is 1.54. The quantitative estimate of drug-likeness (QED) is 0.0187. The van der Waals surface area contributed by atoms with Crippen LogP contribution in [0.25, 0.3) is 21.1 Å². The van der Waals surface area contributed by atoms with E-state index >= 15 is 8.78 Å². The maximum atomic E-state index is 16.3. The van der Waals surface area contributed by atoms with Gasteiger partial charge in [0.05, 0.1) is 55.4 Å². The second kappa shape index (κ2) is 20.6. The first-order valence-electron chi connectivity index (χ1n) is 19.5. The Bertz CT molecular complexity index is 2950. The highest BCUT2D eigenvalue weighted by Crippen LogP contribution is 2.32. The lowest BCUT2D eigenvalue weighted by atomic mass is 10.1. The molecular weight excluding hydrogens is 847 g/mol. The first-order chi connectivity index (χ1) is 31.1. The Kier molecular flexibility index (Phi) is 14.1. The number of nitrogens with zero attached hydrogens (tertiary/aromatic N) is 3. The van der Waals surface area contributed by atoms with Gasteiger partial charge in [0, 0.05) is 30.3 Å². The molecule has 2 heterocycles. The predicted octanol–water partition coefficient (Wildman–Crippen LogP) is 9.31. The van der Waals surface area contributed by atoms with E-state index in [2.05, 4.69) is 38.9 Å². The zero-order valence-corrected chi connectivity index (χ0v) is 35.0. The van der Waals surface area contributed by atoms with Gasteiger partial charge in [-0.3, -0.25) is 5.43 Å². The number of methoxy groups -OCH3 is 1. The molecule has 0 fully saturated rings. The Morgan fingerprint density at radius 1 is 0.828 bits per heavy atom. The zero-order chi connectivity index (χ0) is 45.0. The molecule has 16 heteroatoms. The van der Waals surface area contributed by atoms with Crippen LogP contribution in [0.5, 0.6) is 28.7 Å². The molecular formula is C48H36F2N4O9S. The smallest absolute Gasteiger partial charge is 0.343 e. The van der Waals surface area contributed by atoms with E-state index in [0.29, 0.717) is 52.2 Å². The van der Waals surface area contributed by atoms with Crippen molar-refractivity contribution in [2.24, 2.45) is 5.10 Å². The fraction of sp³-hybridized carbons (Fsp3) is 0.125. The van der Waals surface area contributed by atoms with Crippen molar-refractivity contribution in [3.8, 4) is 40.6 Å². The second-order valence-corrected chi connectivity index (χ2v) is 14.3. The molecule has 0 saturated carbocycles. The second-order valence-electron chi connectivity index (χ2n) is 13.3. The van der Waals surface area contributed by atoms with E-state index in [9.17, 15) is 14.4 Å². The molecule has 0 aliphatic rings. The highest BCUT2D eigenvalue weighted by molar-refractivity contribution is 7.21. The third-order valence-corrected chi connectivity index (χ3v) is 9.94. The van der Waals surface area contributed by atoms with E-state index in [4.69, 9.17) is 28.4 Å². The summed E-state index contributed by atoms with van der Waals surface area (Å²) in [7, 11) is 1.31. The van der Waals surface area contributed by atoms with E-state index < -0.39 is 46.4 Å². The summed E-state index contributed by atoms with van der Waals surface area (Å²) in [5.41, 5.74) is 2.96. The van der Waals surface area contributed by atoms with Crippen molar-refractivity contribution >= 4 is 61.7 Å². The Balaban J connectivity index is 1.08.